The van der Waals surface area contributed by atoms with Crippen molar-refractivity contribution in [3.05, 3.63) is 0 Å². The molecule has 0 saturated heterocycles. The van der Waals surface area contributed by atoms with Crippen molar-refractivity contribution in [2.24, 2.45) is 0 Å². The minimum atomic E-state index is -5.72. The van der Waals surface area contributed by atoms with E-state index in [-0.39, 0.29) is 12.2 Å². The van der Waals surface area contributed by atoms with Crippen molar-refractivity contribution < 1.29 is 34.0 Å². The molecule has 8 heteroatoms. The van der Waals surface area contributed by atoms with Crippen LogP contribution in [0, 0.1) is 0 Å². The zero-order valence-electron chi connectivity index (χ0n) is 8.45. The Morgan fingerprint density at radius 1 is 0.929 bits per heavy atom. The molecule has 5 nitrogen and oxygen atoms in total. The topological polar surface area (TPSA) is 54.0 Å². The summed E-state index contributed by atoms with van der Waals surface area (Å²) in [6.45, 7) is 6.61. The first-order valence-electron chi connectivity index (χ1n) is 4.10. The van der Waals surface area contributed by atoms with Gasteiger partial charge in [0.15, 0.2) is 0 Å². The van der Waals surface area contributed by atoms with E-state index in [4.69, 9.17) is 18.6 Å². The second-order valence-corrected chi connectivity index (χ2v) is 12.4. The molecule has 0 saturated carbocycles. The first kappa shape index (κ1) is 14.9. The molecule has 0 aliphatic rings. The van der Waals surface area contributed by atoms with Crippen molar-refractivity contribution >= 4 is 18.6 Å². The number of rotatable bonds is 6. The Kier molecular flexibility index (Phi) is 5.67. The van der Waals surface area contributed by atoms with Crippen LogP contribution in [0.3, 0.4) is 0 Å². The first-order chi connectivity index (χ1) is 6.10. The molecule has 0 radical (unpaired) electrons. The molecule has 0 aromatic rings. The molecular weight excluding hydrogens is 271 g/mol. The fourth-order valence-corrected chi connectivity index (χ4v) is 2.07. The van der Waals surface area contributed by atoms with Gasteiger partial charge < -0.3 is 0 Å². The van der Waals surface area contributed by atoms with E-state index in [1.54, 1.807) is 27.7 Å². The van der Waals surface area contributed by atoms with E-state index in [0.29, 0.717) is 0 Å². The molecule has 0 aromatic heterocycles. The summed E-state index contributed by atoms with van der Waals surface area (Å²) in [7, 11) is 10.8. The van der Waals surface area contributed by atoms with E-state index in [1.807, 2.05) is 0 Å². The van der Waals surface area contributed by atoms with E-state index in [1.165, 1.54) is 0 Å². The fourth-order valence-electron chi connectivity index (χ4n) is 0.358. The van der Waals surface area contributed by atoms with Gasteiger partial charge in [-0.2, -0.15) is 0 Å². The quantitative estimate of drug-likeness (QED) is 0.426. The summed E-state index contributed by atoms with van der Waals surface area (Å²) in [6.07, 6.45) is -0.681. The Morgan fingerprint density at radius 3 is 1.43 bits per heavy atom. The van der Waals surface area contributed by atoms with Gasteiger partial charge in [0.25, 0.3) is 0 Å². The molecule has 86 valence electrons. The molecule has 0 unspecified atom stereocenters. The Hall–Kier alpha value is 0.934. The molecule has 0 aliphatic carbocycles. The summed E-state index contributed by atoms with van der Waals surface area (Å²) < 4.78 is 20.2. The fraction of sp³-hybridized carbons (Fsp3) is 1.00. The maximum atomic E-state index is 11.5. The van der Waals surface area contributed by atoms with Crippen LogP contribution in [0.5, 0.6) is 0 Å². The van der Waals surface area contributed by atoms with Crippen LogP contribution in [0.2, 0.25) is 0 Å². The van der Waals surface area contributed by atoms with Crippen molar-refractivity contribution in [2.45, 2.75) is 39.9 Å². The zero-order valence-corrected chi connectivity index (χ0v) is 11.5. The van der Waals surface area contributed by atoms with Gasteiger partial charge in [0.05, 0.1) is 0 Å². The van der Waals surface area contributed by atoms with Crippen LogP contribution in [-0.2, 0) is 34.0 Å². The van der Waals surface area contributed by atoms with Crippen LogP contribution >= 0.6 is 18.6 Å². The monoisotopic (exact) mass is 284 g/mol. The summed E-state index contributed by atoms with van der Waals surface area (Å²) >= 11 is -5.72. The Balaban J connectivity index is 4.16. The Labute approximate surface area is 92.3 Å². The third-order valence-corrected chi connectivity index (χ3v) is 2.90. The van der Waals surface area contributed by atoms with E-state index >= 15 is 0 Å². The molecule has 0 atom stereocenters. The molecule has 0 aromatic carbocycles. The molecule has 0 aliphatic heterocycles. The van der Waals surface area contributed by atoms with Crippen LogP contribution in [-0.4, -0.2) is 12.2 Å². The standard InChI is InChI=1S/2C3H8O2.2ClH.O.Ti/c2*1-3(2)5-4;;;;/h2*3-4H,1-2H3;2*1H;;/q;;;;;+4/p-4. The second kappa shape index (κ2) is 5.32. The zero-order chi connectivity index (χ0) is 11.4. The molecular formula is C6H14Cl2O5Ti. The summed E-state index contributed by atoms with van der Waals surface area (Å²) in [5.74, 6) is 0. The van der Waals surface area contributed by atoms with Gasteiger partial charge in [0.2, 0.25) is 0 Å². The van der Waals surface area contributed by atoms with Crippen LogP contribution in [0.15, 0.2) is 0 Å². The molecule has 0 spiro atoms. The molecule has 0 amide bonds. The van der Waals surface area contributed by atoms with Gasteiger partial charge in [-0.25, -0.2) is 0 Å². The predicted octanol–water partition coefficient (Wildman–Crippen LogP) is 2.87. The van der Waals surface area contributed by atoms with Gasteiger partial charge in [0, 0.05) is 0 Å². The predicted molar refractivity (Wildman–Crippen MR) is 47.0 cm³/mol. The molecule has 0 rings (SSSR count). The van der Waals surface area contributed by atoms with Crippen LogP contribution in [0.1, 0.15) is 27.7 Å². The first-order valence-corrected chi connectivity index (χ1v) is 10.3. The van der Waals surface area contributed by atoms with Crippen molar-refractivity contribution in [3.8, 4) is 0 Å². The van der Waals surface area contributed by atoms with Crippen LogP contribution in [0.4, 0.5) is 0 Å². The van der Waals surface area contributed by atoms with Crippen LogP contribution < -0.4 is 0 Å². The number of hydrogen-bond acceptors (Lipinski definition) is 5. The van der Waals surface area contributed by atoms with E-state index in [2.05, 4.69) is 16.7 Å². The van der Waals surface area contributed by atoms with Gasteiger partial charge in [-0.05, 0) is 0 Å². The van der Waals surface area contributed by atoms with Gasteiger partial charge in [-0.1, -0.05) is 0 Å². The molecule has 0 bridgehead atoms. The molecule has 0 N–H and O–H groups in total. The van der Waals surface area contributed by atoms with Crippen LogP contribution in [0.25, 0.3) is 0 Å². The molecule has 0 heterocycles. The van der Waals surface area contributed by atoms with E-state index < -0.39 is 13.9 Å². The number of hydrogen-bond donors (Lipinski definition) is 0. The maximum absolute atomic E-state index is 11.5. The summed E-state index contributed by atoms with van der Waals surface area (Å²) in [6, 6.07) is 0. The van der Waals surface area contributed by atoms with Gasteiger partial charge in [0.1, 0.15) is 0 Å². The average molecular weight is 285 g/mol. The molecule has 0 fully saturated rings. The molecule has 14 heavy (non-hydrogen) atoms. The van der Waals surface area contributed by atoms with Crippen molar-refractivity contribution in [1.82, 2.24) is 0 Å². The second-order valence-electron chi connectivity index (χ2n) is 3.24. The van der Waals surface area contributed by atoms with Crippen molar-refractivity contribution in [2.75, 3.05) is 0 Å². The minimum absolute atomic E-state index is 0.341. The average Bonchev–Trinajstić information content (AvgIpc) is 1.98. The van der Waals surface area contributed by atoms with Gasteiger partial charge >= 0.3 is 92.5 Å². The van der Waals surface area contributed by atoms with E-state index in [0.717, 1.165) is 0 Å². The normalized spacial score (nSPS) is 14.1. The SMILES string of the molecule is CC(C)O[O][Ti](=[O])([Cl])([Cl])[O]OC(C)C. The Morgan fingerprint density at radius 2 is 1.21 bits per heavy atom. The van der Waals surface area contributed by atoms with Crippen molar-refractivity contribution in [3.63, 3.8) is 0 Å². The third kappa shape index (κ3) is 8.26. The van der Waals surface area contributed by atoms with Crippen molar-refractivity contribution in [1.29, 1.82) is 0 Å². The summed E-state index contributed by atoms with van der Waals surface area (Å²) in [5.41, 5.74) is 0. The third-order valence-electron chi connectivity index (χ3n) is 0.743. The summed E-state index contributed by atoms with van der Waals surface area (Å²) in [5, 5.41) is 0. The van der Waals surface area contributed by atoms with E-state index in [9.17, 15) is 3.32 Å². The van der Waals surface area contributed by atoms with Gasteiger partial charge in [-0.15, -0.1) is 0 Å². The number of halogens is 2. The Bertz CT molecular complexity index is 218. The summed E-state index contributed by atoms with van der Waals surface area (Å²) in [4.78, 5) is 9.09. The van der Waals surface area contributed by atoms with Gasteiger partial charge in [-0.3, -0.25) is 0 Å².